The van der Waals surface area contributed by atoms with Crippen LogP contribution >= 0.6 is 11.6 Å². The zero-order chi connectivity index (χ0) is 35.9. The molecule has 5 atom stereocenters. The van der Waals surface area contributed by atoms with Crippen molar-refractivity contribution in [1.29, 1.82) is 0 Å². The van der Waals surface area contributed by atoms with Gasteiger partial charge in [0.25, 0.3) is 0 Å². The Morgan fingerprint density at radius 1 is 0.627 bits per heavy atom. The summed E-state index contributed by atoms with van der Waals surface area (Å²) >= 11 is 6.60. The van der Waals surface area contributed by atoms with Gasteiger partial charge in [-0.3, -0.25) is 4.79 Å². The maximum atomic E-state index is 13.7. The fourth-order valence-electron chi connectivity index (χ4n) is 5.94. The van der Waals surface area contributed by atoms with E-state index >= 15 is 0 Å². The van der Waals surface area contributed by atoms with Crippen LogP contribution in [0.2, 0.25) is 5.02 Å². The van der Waals surface area contributed by atoms with Gasteiger partial charge in [-0.25, -0.2) is 14.4 Å². The highest BCUT2D eigenvalue weighted by Gasteiger charge is 2.49. The van der Waals surface area contributed by atoms with Gasteiger partial charge in [0, 0.05) is 17.0 Å². The number of carbonyl (C=O) groups is 4. The predicted molar refractivity (Wildman–Crippen MR) is 191 cm³/mol. The molecule has 5 aromatic rings. The molecule has 0 amide bonds. The first kappa shape index (κ1) is 35.3. The number of aryl methyl sites for hydroxylation is 1. The minimum atomic E-state index is -1.19. The van der Waals surface area contributed by atoms with E-state index < -0.39 is 48.2 Å². The van der Waals surface area contributed by atoms with E-state index in [1.54, 1.807) is 128 Å². The maximum Gasteiger partial charge on any atom is 0.338 e. The van der Waals surface area contributed by atoms with Gasteiger partial charge >= 0.3 is 17.9 Å². The molecule has 258 valence electrons. The number of rotatable bonds is 10. The van der Waals surface area contributed by atoms with Crippen molar-refractivity contribution >= 4 is 35.3 Å². The summed E-state index contributed by atoms with van der Waals surface area (Å²) in [5, 5.41) is 0.215. The van der Waals surface area contributed by atoms with Crippen molar-refractivity contribution in [3.8, 4) is 0 Å². The van der Waals surface area contributed by atoms with E-state index in [-0.39, 0.29) is 28.5 Å². The summed E-state index contributed by atoms with van der Waals surface area (Å²) in [7, 11) is 0. The Bertz CT molecular complexity index is 2000. The van der Waals surface area contributed by atoms with Crippen LogP contribution in [0.1, 0.15) is 71.2 Å². The number of ketones is 1. The molecule has 9 heteroatoms. The van der Waals surface area contributed by atoms with Gasteiger partial charge in [-0.1, -0.05) is 109 Å². The molecule has 0 aromatic heterocycles. The van der Waals surface area contributed by atoms with Crippen LogP contribution in [0.5, 0.6) is 0 Å². The van der Waals surface area contributed by atoms with Gasteiger partial charge in [0.15, 0.2) is 11.9 Å². The molecular formula is C42H35ClO8. The van der Waals surface area contributed by atoms with E-state index in [0.29, 0.717) is 22.3 Å². The Kier molecular flexibility index (Phi) is 11.0. The van der Waals surface area contributed by atoms with Crippen LogP contribution in [0.25, 0.3) is 0 Å². The molecule has 1 fully saturated rings. The van der Waals surface area contributed by atoms with Crippen molar-refractivity contribution in [3.05, 3.63) is 177 Å². The Hall–Kier alpha value is -5.57. The molecule has 0 N–H and O–H groups in total. The van der Waals surface area contributed by atoms with Crippen molar-refractivity contribution in [3.63, 3.8) is 0 Å². The quantitative estimate of drug-likeness (QED) is 0.0814. The summed E-state index contributed by atoms with van der Waals surface area (Å²) in [6, 6.07) is 37.4. The first-order valence-corrected chi connectivity index (χ1v) is 16.9. The van der Waals surface area contributed by atoms with Gasteiger partial charge in [0.05, 0.1) is 27.8 Å². The maximum absolute atomic E-state index is 13.7. The Labute approximate surface area is 300 Å². The van der Waals surface area contributed by atoms with Crippen LogP contribution in [-0.2, 0) is 18.9 Å². The summed E-state index contributed by atoms with van der Waals surface area (Å²) in [6.45, 7) is 3.50. The van der Waals surface area contributed by atoms with Gasteiger partial charge < -0.3 is 18.9 Å². The van der Waals surface area contributed by atoms with Crippen molar-refractivity contribution < 1.29 is 38.1 Å². The lowest BCUT2D eigenvalue weighted by atomic mass is 9.84. The average Bonchev–Trinajstić information content (AvgIpc) is 3.17. The lowest BCUT2D eigenvalue weighted by Crippen LogP contribution is -2.54. The normalized spacial score (nSPS) is 19.8. The van der Waals surface area contributed by atoms with Gasteiger partial charge in [0.1, 0.15) is 18.8 Å². The standard InChI is InChI=1S/C42H35ClO8/c1-26-18-20-28(21-19-26)36(44)33-24-32(22-23-34(33)43)38-39(51-42(47)31-16-10-5-11-17-31)37(50-41(46)30-14-8-4-9-15-30)27(2)35(49-38)25-48-40(45)29-12-6-3-7-13-29/h3-24,27,35,37-39H,25H2,1-2H3/t27-,35-,37+,38+,39-/m1/s1. The second-order valence-corrected chi connectivity index (χ2v) is 12.7. The second kappa shape index (κ2) is 16.0. The molecule has 1 saturated heterocycles. The van der Waals surface area contributed by atoms with E-state index in [2.05, 4.69) is 0 Å². The van der Waals surface area contributed by atoms with Crippen molar-refractivity contribution in [1.82, 2.24) is 0 Å². The number of carbonyl (C=O) groups excluding carboxylic acids is 4. The van der Waals surface area contributed by atoms with Crippen LogP contribution in [0.15, 0.2) is 133 Å². The molecule has 5 aromatic carbocycles. The number of hydrogen-bond acceptors (Lipinski definition) is 8. The fourth-order valence-corrected chi connectivity index (χ4v) is 6.14. The van der Waals surface area contributed by atoms with Crippen LogP contribution in [0.3, 0.4) is 0 Å². The lowest BCUT2D eigenvalue weighted by molar-refractivity contribution is -0.208. The minimum absolute atomic E-state index is 0.202. The number of esters is 3. The molecule has 1 aliphatic rings. The van der Waals surface area contributed by atoms with Crippen LogP contribution < -0.4 is 0 Å². The molecule has 0 bridgehead atoms. The van der Waals surface area contributed by atoms with Gasteiger partial charge in [-0.15, -0.1) is 0 Å². The first-order valence-electron chi connectivity index (χ1n) is 16.5. The van der Waals surface area contributed by atoms with Gasteiger partial charge in [-0.05, 0) is 61.0 Å². The first-order chi connectivity index (χ1) is 24.7. The van der Waals surface area contributed by atoms with Gasteiger partial charge in [0.2, 0.25) is 0 Å². The molecule has 51 heavy (non-hydrogen) atoms. The molecule has 0 saturated carbocycles. The topological polar surface area (TPSA) is 105 Å². The van der Waals surface area contributed by atoms with Crippen molar-refractivity contribution in [2.75, 3.05) is 6.61 Å². The largest absolute Gasteiger partial charge is 0.459 e. The Morgan fingerprint density at radius 2 is 1.14 bits per heavy atom. The SMILES string of the molecule is Cc1ccc(C(=O)c2cc([C@@H]3O[C@H](COC(=O)c4ccccc4)[C@@H](C)[C@H](OC(=O)c4ccccc4)[C@H]3OC(=O)c3ccccc3)ccc2Cl)cc1. The Morgan fingerprint density at radius 3 is 1.69 bits per heavy atom. The van der Waals surface area contributed by atoms with Crippen LogP contribution in [0.4, 0.5) is 0 Å². The molecule has 6 rings (SSSR count). The smallest absolute Gasteiger partial charge is 0.338 e. The number of halogens is 1. The molecule has 0 unspecified atom stereocenters. The zero-order valence-corrected chi connectivity index (χ0v) is 28.7. The average molecular weight is 703 g/mol. The molecule has 8 nitrogen and oxygen atoms in total. The summed E-state index contributed by atoms with van der Waals surface area (Å²) in [4.78, 5) is 53.9. The summed E-state index contributed by atoms with van der Waals surface area (Å²) < 4.78 is 24.7. The number of hydrogen-bond donors (Lipinski definition) is 0. The molecule has 1 aliphatic heterocycles. The van der Waals surface area contributed by atoms with Crippen molar-refractivity contribution in [2.45, 2.75) is 38.3 Å². The summed E-state index contributed by atoms with van der Waals surface area (Å²) in [5.41, 5.74) is 3.01. The lowest BCUT2D eigenvalue weighted by Gasteiger charge is -2.44. The minimum Gasteiger partial charge on any atom is -0.459 e. The molecular weight excluding hydrogens is 668 g/mol. The molecule has 0 spiro atoms. The highest BCUT2D eigenvalue weighted by molar-refractivity contribution is 6.35. The third-order valence-corrected chi connectivity index (χ3v) is 9.15. The summed E-state index contributed by atoms with van der Waals surface area (Å²) in [5.74, 6) is -2.81. The summed E-state index contributed by atoms with van der Waals surface area (Å²) in [6.07, 6.45) is -4.17. The highest BCUT2D eigenvalue weighted by Crippen LogP contribution is 2.41. The monoisotopic (exact) mass is 702 g/mol. The van der Waals surface area contributed by atoms with Gasteiger partial charge in [-0.2, -0.15) is 0 Å². The highest BCUT2D eigenvalue weighted by atomic mass is 35.5. The van der Waals surface area contributed by atoms with E-state index in [9.17, 15) is 19.2 Å². The van der Waals surface area contributed by atoms with E-state index in [0.717, 1.165) is 5.56 Å². The fraction of sp³-hybridized carbons (Fsp3) is 0.190. The third kappa shape index (κ3) is 8.26. The third-order valence-electron chi connectivity index (χ3n) is 8.82. The Balaban J connectivity index is 1.40. The molecule has 0 aliphatic carbocycles. The second-order valence-electron chi connectivity index (χ2n) is 12.3. The van der Waals surface area contributed by atoms with Crippen LogP contribution in [0, 0.1) is 12.8 Å². The van der Waals surface area contributed by atoms with Crippen molar-refractivity contribution in [2.24, 2.45) is 5.92 Å². The van der Waals surface area contributed by atoms with E-state index in [1.165, 1.54) is 0 Å². The molecule has 1 heterocycles. The number of ether oxygens (including phenoxy) is 4. The zero-order valence-electron chi connectivity index (χ0n) is 27.9. The van der Waals surface area contributed by atoms with Crippen LogP contribution in [-0.4, -0.2) is 48.6 Å². The molecule has 0 radical (unpaired) electrons. The van der Waals surface area contributed by atoms with E-state index in [1.807, 2.05) is 19.1 Å². The predicted octanol–water partition coefficient (Wildman–Crippen LogP) is 8.26. The van der Waals surface area contributed by atoms with E-state index in [4.69, 9.17) is 30.5 Å². The number of benzene rings is 5.